The Morgan fingerprint density at radius 1 is 1.26 bits per heavy atom. The highest BCUT2D eigenvalue weighted by molar-refractivity contribution is 5.69. The second kappa shape index (κ2) is 4.64. The number of carbonyl (C=O) groups is 1. The van der Waals surface area contributed by atoms with E-state index in [1.807, 2.05) is 0 Å². The van der Waals surface area contributed by atoms with Gasteiger partial charge in [0.25, 0.3) is 0 Å². The van der Waals surface area contributed by atoms with Gasteiger partial charge in [-0.15, -0.1) is 0 Å². The molecule has 0 atom stereocenters. The fourth-order valence-corrected chi connectivity index (χ4v) is 1.85. The van der Waals surface area contributed by atoms with Crippen LogP contribution in [0.5, 0.6) is 11.5 Å². The molecule has 0 saturated heterocycles. The van der Waals surface area contributed by atoms with Crippen molar-refractivity contribution in [1.29, 1.82) is 0 Å². The number of benzene rings is 1. The summed E-state index contributed by atoms with van der Waals surface area (Å²) in [5.41, 5.74) is 0.723. The smallest absolute Gasteiger partial charge is 0.311 e. The maximum absolute atomic E-state index is 10.6. The summed E-state index contributed by atoms with van der Waals surface area (Å²) in [6.07, 6.45) is 1.23. The first-order valence-electron chi connectivity index (χ1n) is 5.79. The lowest BCUT2D eigenvalue weighted by Crippen LogP contribution is -2.15. The second-order valence-corrected chi connectivity index (χ2v) is 4.06. The van der Waals surface area contributed by atoms with Crippen LogP contribution in [-0.2, 0) is 11.2 Å². The van der Waals surface area contributed by atoms with Crippen LogP contribution < -0.4 is 9.47 Å². The van der Waals surface area contributed by atoms with E-state index in [0.717, 1.165) is 5.56 Å². The Morgan fingerprint density at radius 2 is 2.05 bits per heavy atom. The highest BCUT2D eigenvalue weighted by atomic mass is 16.6. The van der Waals surface area contributed by atoms with Gasteiger partial charge in [0, 0.05) is 5.56 Å². The number of ether oxygens (including phenoxy) is 2. The van der Waals surface area contributed by atoms with Crippen LogP contribution in [0.15, 0.2) is 28.8 Å². The Labute approximate surface area is 108 Å². The van der Waals surface area contributed by atoms with Gasteiger partial charge in [0.1, 0.15) is 25.4 Å². The van der Waals surface area contributed by atoms with Crippen LogP contribution in [0.3, 0.4) is 0 Å². The number of nitrogens with zero attached hydrogens (tertiary/aromatic N) is 1. The lowest BCUT2D eigenvalue weighted by atomic mass is 10.2. The van der Waals surface area contributed by atoms with Gasteiger partial charge >= 0.3 is 5.97 Å². The topological polar surface area (TPSA) is 81.8 Å². The van der Waals surface area contributed by atoms with Crippen molar-refractivity contribution in [2.45, 2.75) is 6.42 Å². The largest absolute Gasteiger partial charge is 0.486 e. The predicted molar refractivity (Wildman–Crippen MR) is 64.3 cm³/mol. The first-order valence-corrected chi connectivity index (χ1v) is 5.79. The average molecular weight is 261 g/mol. The third kappa shape index (κ3) is 2.37. The van der Waals surface area contributed by atoms with E-state index in [0.29, 0.717) is 36.4 Å². The lowest BCUT2D eigenvalue weighted by Gasteiger charge is -2.18. The van der Waals surface area contributed by atoms with Crippen molar-refractivity contribution < 1.29 is 23.8 Å². The molecular formula is C13H11NO5. The number of fused-ring (bicyclic) bond motifs is 1. The van der Waals surface area contributed by atoms with E-state index in [9.17, 15) is 4.79 Å². The number of rotatable bonds is 3. The van der Waals surface area contributed by atoms with Gasteiger partial charge in [0.05, 0.1) is 6.20 Å². The van der Waals surface area contributed by atoms with Crippen LogP contribution in [0, 0.1) is 0 Å². The Bertz CT molecular complexity index is 619. The molecule has 0 amide bonds. The molecule has 0 fully saturated rings. The molecule has 2 aromatic rings. The van der Waals surface area contributed by atoms with Crippen molar-refractivity contribution in [3.63, 3.8) is 0 Å². The highest BCUT2D eigenvalue weighted by Gasteiger charge is 2.15. The molecule has 1 aromatic carbocycles. The molecule has 0 bridgehead atoms. The fraction of sp³-hybridized carbons (Fsp3) is 0.231. The molecule has 0 radical (unpaired) electrons. The Balaban J connectivity index is 1.89. The Morgan fingerprint density at radius 3 is 2.84 bits per heavy atom. The number of aliphatic carboxylic acids is 1. The van der Waals surface area contributed by atoms with Crippen molar-refractivity contribution in [3.05, 3.63) is 30.2 Å². The van der Waals surface area contributed by atoms with Gasteiger partial charge in [-0.05, 0) is 18.2 Å². The van der Waals surface area contributed by atoms with Crippen molar-refractivity contribution in [3.8, 4) is 23.0 Å². The molecule has 1 aliphatic heterocycles. The van der Waals surface area contributed by atoms with Crippen LogP contribution in [0.25, 0.3) is 11.5 Å². The molecule has 0 spiro atoms. The van der Waals surface area contributed by atoms with Crippen LogP contribution in [0.1, 0.15) is 5.76 Å². The molecular weight excluding hydrogens is 250 g/mol. The van der Waals surface area contributed by atoms with Crippen LogP contribution in [-0.4, -0.2) is 29.3 Å². The van der Waals surface area contributed by atoms with Crippen molar-refractivity contribution in [2.75, 3.05) is 13.2 Å². The number of carboxylic acids is 1. The highest BCUT2D eigenvalue weighted by Crippen LogP contribution is 2.34. The predicted octanol–water partition coefficient (Wildman–Crippen LogP) is 1.74. The molecule has 0 aliphatic carbocycles. The zero-order valence-corrected chi connectivity index (χ0v) is 9.96. The van der Waals surface area contributed by atoms with Gasteiger partial charge in [-0.3, -0.25) is 4.79 Å². The van der Waals surface area contributed by atoms with Gasteiger partial charge < -0.3 is 19.0 Å². The molecule has 0 unspecified atom stereocenters. The van der Waals surface area contributed by atoms with Gasteiger partial charge in [0.15, 0.2) is 11.5 Å². The zero-order valence-electron chi connectivity index (χ0n) is 9.96. The van der Waals surface area contributed by atoms with Crippen molar-refractivity contribution >= 4 is 5.97 Å². The first-order chi connectivity index (χ1) is 9.22. The normalized spacial score (nSPS) is 13.3. The van der Waals surface area contributed by atoms with Gasteiger partial charge in [-0.25, -0.2) is 4.98 Å². The maximum atomic E-state index is 10.6. The second-order valence-electron chi connectivity index (χ2n) is 4.06. The van der Waals surface area contributed by atoms with Gasteiger partial charge in [0.2, 0.25) is 5.89 Å². The maximum Gasteiger partial charge on any atom is 0.311 e. The molecule has 1 aromatic heterocycles. The fourth-order valence-electron chi connectivity index (χ4n) is 1.85. The number of oxazole rings is 1. The van der Waals surface area contributed by atoms with Crippen molar-refractivity contribution in [1.82, 2.24) is 4.98 Å². The number of hydrogen-bond donors (Lipinski definition) is 1. The minimum atomic E-state index is -0.954. The standard InChI is InChI=1S/C13H11NO5/c15-12(16)6-9-7-14-13(19-9)8-1-2-10-11(5-8)18-4-3-17-10/h1-2,5,7H,3-4,6H2,(H,15,16). The Hall–Kier alpha value is -2.50. The van der Waals surface area contributed by atoms with Crippen LogP contribution in [0.4, 0.5) is 0 Å². The van der Waals surface area contributed by atoms with E-state index < -0.39 is 5.97 Å². The summed E-state index contributed by atoms with van der Waals surface area (Å²) >= 11 is 0. The number of carboxylic acid groups (broad SMARTS) is 1. The van der Waals surface area contributed by atoms with E-state index in [4.69, 9.17) is 19.0 Å². The molecule has 98 valence electrons. The molecule has 3 rings (SSSR count). The van der Waals surface area contributed by atoms with Gasteiger partial charge in [-0.1, -0.05) is 0 Å². The number of hydrogen-bond acceptors (Lipinski definition) is 5. The summed E-state index contributed by atoms with van der Waals surface area (Å²) in [4.78, 5) is 14.6. The molecule has 2 heterocycles. The average Bonchev–Trinajstić information content (AvgIpc) is 2.86. The summed E-state index contributed by atoms with van der Waals surface area (Å²) in [6.45, 7) is 1.04. The van der Waals surface area contributed by atoms with Gasteiger partial charge in [-0.2, -0.15) is 0 Å². The monoisotopic (exact) mass is 261 g/mol. The van der Waals surface area contributed by atoms with Crippen LogP contribution >= 0.6 is 0 Å². The summed E-state index contributed by atoms with van der Waals surface area (Å²) < 4.78 is 16.3. The molecule has 1 N–H and O–H groups in total. The summed E-state index contributed by atoms with van der Waals surface area (Å²) in [6, 6.07) is 5.35. The van der Waals surface area contributed by atoms with Crippen molar-refractivity contribution in [2.24, 2.45) is 0 Å². The Kier molecular flexibility index (Phi) is 2.83. The molecule has 6 nitrogen and oxygen atoms in total. The quantitative estimate of drug-likeness (QED) is 0.906. The first kappa shape index (κ1) is 11.6. The summed E-state index contributed by atoms with van der Waals surface area (Å²) in [5, 5.41) is 8.68. The van der Waals surface area contributed by atoms with E-state index in [1.165, 1.54) is 6.20 Å². The van der Waals surface area contributed by atoms with E-state index in [-0.39, 0.29) is 6.42 Å². The molecule has 0 saturated carbocycles. The summed E-state index contributed by atoms with van der Waals surface area (Å²) in [7, 11) is 0. The van der Waals surface area contributed by atoms with Crippen LogP contribution in [0.2, 0.25) is 0 Å². The molecule has 1 aliphatic rings. The molecule has 19 heavy (non-hydrogen) atoms. The minimum absolute atomic E-state index is 0.183. The van der Waals surface area contributed by atoms with E-state index in [1.54, 1.807) is 18.2 Å². The lowest BCUT2D eigenvalue weighted by molar-refractivity contribution is -0.136. The zero-order chi connectivity index (χ0) is 13.2. The minimum Gasteiger partial charge on any atom is -0.486 e. The van der Waals surface area contributed by atoms with E-state index in [2.05, 4.69) is 4.98 Å². The third-order valence-corrected chi connectivity index (χ3v) is 2.67. The van der Waals surface area contributed by atoms with E-state index >= 15 is 0 Å². The number of aromatic nitrogens is 1. The SMILES string of the molecule is O=C(O)Cc1cnc(-c2ccc3c(c2)OCCO3)o1. The molecule has 6 heteroatoms. The third-order valence-electron chi connectivity index (χ3n) is 2.67. The summed E-state index contributed by atoms with van der Waals surface area (Å²) in [5.74, 6) is 1.06.